The Hall–Kier alpha value is -1.43. The summed E-state index contributed by atoms with van der Waals surface area (Å²) in [7, 11) is 0. The Labute approximate surface area is 124 Å². The average molecular weight is 293 g/mol. The highest BCUT2D eigenvalue weighted by atomic mass is 16.5. The maximum Gasteiger partial charge on any atom is 0.358 e. The van der Waals surface area contributed by atoms with Crippen LogP contribution in [0, 0.1) is 16.7 Å². The van der Waals surface area contributed by atoms with Crippen molar-refractivity contribution in [1.82, 2.24) is 15.0 Å². The van der Waals surface area contributed by atoms with Gasteiger partial charge in [-0.1, -0.05) is 26.0 Å². The molecule has 0 aliphatic heterocycles. The quantitative estimate of drug-likeness (QED) is 0.900. The maximum absolute atomic E-state index is 10.8. The van der Waals surface area contributed by atoms with E-state index in [2.05, 4.69) is 31.1 Å². The number of aromatic nitrogens is 3. The zero-order valence-electron chi connectivity index (χ0n) is 12.9. The number of aromatic carboxylic acids is 1. The van der Waals surface area contributed by atoms with E-state index >= 15 is 0 Å². The van der Waals surface area contributed by atoms with Crippen LogP contribution in [0.3, 0.4) is 0 Å². The Morgan fingerprint density at radius 1 is 1.52 bits per heavy atom. The molecule has 3 unspecified atom stereocenters. The molecule has 0 spiro atoms. The van der Waals surface area contributed by atoms with Crippen LogP contribution in [0.5, 0.6) is 0 Å². The molecule has 3 atom stereocenters. The van der Waals surface area contributed by atoms with Gasteiger partial charge in [0.05, 0.1) is 25.5 Å². The third-order valence-corrected chi connectivity index (χ3v) is 6.11. The van der Waals surface area contributed by atoms with Crippen LogP contribution >= 0.6 is 0 Å². The molecule has 0 amide bonds. The molecule has 0 saturated heterocycles. The molecule has 2 aliphatic carbocycles. The Balaban J connectivity index is 1.56. The van der Waals surface area contributed by atoms with E-state index in [1.54, 1.807) is 0 Å². The molecule has 6 heteroatoms. The largest absolute Gasteiger partial charge is 0.476 e. The van der Waals surface area contributed by atoms with Gasteiger partial charge in [0.15, 0.2) is 5.69 Å². The van der Waals surface area contributed by atoms with Crippen molar-refractivity contribution < 1.29 is 14.6 Å². The van der Waals surface area contributed by atoms with Crippen LogP contribution in [0.4, 0.5) is 0 Å². The second-order valence-electron chi connectivity index (χ2n) is 7.14. The van der Waals surface area contributed by atoms with E-state index < -0.39 is 5.97 Å². The van der Waals surface area contributed by atoms with Gasteiger partial charge in [-0.05, 0) is 36.0 Å². The summed E-state index contributed by atoms with van der Waals surface area (Å²) in [6, 6.07) is 0. The summed E-state index contributed by atoms with van der Waals surface area (Å²) in [5.41, 5.74) is 0.580. The van der Waals surface area contributed by atoms with Gasteiger partial charge in [0.1, 0.15) is 0 Å². The monoisotopic (exact) mass is 293 g/mol. The fraction of sp³-hybridized carbons (Fsp3) is 0.800. The Morgan fingerprint density at radius 2 is 2.29 bits per heavy atom. The molecule has 2 saturated carbocycles. The molecule has 6 nitrogen and oxygen atoms in total. The lowest BCUT2D eigenvalue weighted by Gasteiger charge is -2.38. The zero-order valence-corrected chi connectivity index (χ0v) is 12.9. The zero-order chi connectivity index (χ0) is 15.3. The van der Waals surface area contributed by atoms with Gasteiger partial charge in [0, 0.05) is 0 Å². The molecule has 0 aromatic carbocycles. The molecule has 2 fully saturated rings. The summed E-state index contributed by atoms with van der Waals surface area (Å²) in [6.45, 7) is 8.17. The predicted molar refractivity (Wildman–Crippen MR) is 76.0 cm³/mol. The molecule has 1 aromatic heterocycles. The lowest BCUT2D eigenvalue weighted by atomic mass is 9.70. The highest BCUT2D eigenvalue weighted by molar-refractivity contribution is 5.84. The number of carbonyl (C=O) groups is 1. The first-order chi connectivity index (χ1) is 9.84. The van der Waals surface area contributed by atoms with E-state index in [-0.39, 0.29) is 11.1 Å². The van der Waals surface area contributed by atoms with Crippen molar-refractivity contribution in [3.8, 4) is 0 Å². The van der Waals surface area contributed by atoms with E-state index in [9.17, 15) is 4.79 Å². The fourth-order valence-corrected chi connectivity index (χ4v) is 4.18. The smallest absolute Gasteiger partial charge is 0.358 e. The van der Waals surface area contributed by atoms with Gasteiger partial charge in [-0.3, -0.25) is 0 Å². The minimum absolute atomic E-state index is 0.0250. The van der Waals surface area contributed by atoms with Crippen molar-refractivity contribution in [1.29, 1.82) is 0 Å². The Bertz CT molecular complexity index is 554. The molecular formula is C15H23N3O3. The molecule has 0 radical (unpaired) electrons. The van der Waals surface area contributed by atoms with E-state index in [0.717, 1.165) is 12.3 Å². The summed E-state index contributed by atoms with van der Waals surface area (Å²) in [5.74, 6) is -0.290. The number of hydrogen-bond donors (Lipinski definition) is 1. The second-order valence-corrected chi connectivity index (χ2v) is 7.14. The van der Waals surface area contributed by atoms with Crippen LogP contribution in [0.2, 0.25) is 0 Å². The third-order valence-electron chi connectivity index (χ3n) is 6.11. The van der Waals surface area contributed by atoms with Crippen molar-refractivity contribution in [3.05, 3.63) is 11.9 Å². The molecule has 1 aromatic rings. The minimum atomic E-state index is -1.05. The highest BCUT2D eigenvalue weighted by Crippen LogP contribution is 2.66. The van der Waals surface area contributed by atoms with Gasteiger partial charge in [0.2, 0.25) is 0 Å². The first-order valence-corrected chi connectivity index (χ1v) is 7.59. The van der Waals surface area contributed by atoms with Crippen molar-refractivity contribution in [2.75, 3.05) is 6.61 Å². The van der Waals surface area contributed by atoms with E-state index in [1.165, 1.54) is 23.7 Å². The first-order valence-electron chi connectivity index (χ1n) is 7.59. The second kappa shape index (κ2) is 4.80. The normalized spacial score (nSPS) is 33.5. The van der Waals surface area contributed by atoms with Crippen LogP contribution < -0.4 is 0 Å². The van der Waals surface area contributed by atoms with Gasteiger partial charge < -0.3 is 9.84 Å². The highest BCUT2D eigenvalue weighted by Gasteiger charge is 2.61. The minimum Gasteiger partial charge on any atom is -0.476 e. The molecule has 2 aliphatic rings. The first kappa shape index (κ1) is 14.5. The molecule has 116 valence electrons. The van der Waals surface area contributed by atoms with Gasteiger partial charge in [-0.15, -0.1) is 5.10 Å². The molecule has 2 bridgehead atoms. The van der Waals surface area contributed by atoms with Crippen LogP contribution in [-0.4, -0.2) is 38.8 Å². The van der Waals surface area contributed by atoms with E-state index in [0.29, 0.717) is 24.7 Å². The third kappa shape index (κ3) is 2.16. The van der Waals surface area contributed by atoms with Gasteiger partial charge in [0.25, 0.3) is 0 Å². The van der Waals surface area contributed by atoms with Crippen LogP contribution in [0.15, 0.2) is 6.20 Å². The molecular weight excluding hydrogens is 270 g/mol. The number of hydrogen-bond acceptors (Lipinski definition) is 4. The number of fused-ring (bicyclic) bond motifs is 2. The van der Waals surface area contributed by atoms with Gasteiger partial charge in [-0.25, -0.2) is 9.48 Å². The summed E-state index contributed by atoms with van der Waals surface area (Å²) in [6.07, 6.45) is 5.43. The van der Waals surface area contributed by atoms with Crippen molar-refractivity contribution >= 4 is 5.97 Å². The number of ether oxygens (including phenoxy) is 1. The predicted octanol–water partition coefficient (Wildman–Crippen LogP) is 2.21. The number of carboxylic acids is 1. The fourth-order valence-electron chi connectivity index (χ4n) is 4.18. The molecule has 1 heterocycles. The summed E-state index contributed by atoms with van der Waals surface area (Å²) in [4.78, 5) is 10.8. The van der Waals surface area contributed by atoms with E-state index in [4.69, 9.17) is 9.84 Å². The van der Waals surface area contributed by atoms with Gasteiger partial charge >= 0.3 is 5.97 Å². The molecule has 21 heavy (non-hydrogen) atoms. The van der Waals surface area contributed by atoms with Crippen LogP contribution in [0.1, 0.15) is 50.5 Å². The maximum atomic E-state index is 10.8. The van der Waals surface area contributed by atoms with Crippen LogP contribution in [-0.2, 0) is 11.3 Å². The number of nitrogens with zero attached hydrogens (tertiary/aromatic N) is 3. The summed E-state index contributed by atoms with van der Waals surface area (Å²) in [5, 5.41) is 16.2. The standard InChI is InChI=1S/C15H23N3O3/c1-14(2)10-4-5-15(14,3)12(8-10)21-7-6-18-9-11(13(19)20)16-17-18/h9-10,12H,4-8H2,1-3H3,(H,19,20). The Morgan fingerprint density at radius 3 is 2.81 bits per heavy atom. The topological polar surface area (TPSA) is 77.2 Å². The van der Waals surface area contributed by atoms with Crippen molar-refractivity contribution in [3.63, 3.8) is 0 Å². The SMILES string of the molecule is CC1(C)C2CCC1(C)C(OCCn1cc(C(=O)O)nn1)C2. The van der Waals surface area contributed by atoms with E-state index in [1.807, 2.05) is 0 Å². The average Bonchev–Trinajstić information content (AvgIpc) is 3.01. The molecule has 3 rings (SSSR count). The summed E-state index contributed by atoms with van der Waals surface area (Å²) >= 11 is 0. The summed E-state index contributed by atoms with van der Waals surface area (Å²) < 4.78 is 7.65. The van der Waals surface area contributed by atoms with Crippen molar-refractivity contribution in [2.45, 2.75) is 52.7 Å². The lowest BCUT2D eigenvalue weighted by Crippen LogP contribution is -2.37. The van der Waals surface area contributed by atoms with Crippen LogP contribution in [0.25, 0.3) is 0 Å². The van der Waals surface area contributed by atoms with Gasteiger partial charge in [-0.2, -0.15) is 0 Å². The lowest BCUT2D eigenvalue weighted by molar-refractivity contribution is -0.0495. The molecule has 1 N–H and O–H groups in total. The number of carboxylic acid groups (broad SMARTS) is 1. The Kier molecular flexibility index (Phi) is 3.31. The number of rotatable bonds is 5. The van der Waals surface area contributed by atoms with Crippen molar-refractivity contribution in [2.24, 2.45) is 16.7 Å².